The molecule has 0 aromatic heterocycles. The minimum absolute atomic E-state index is 0.0591. The van der Waals surface area contributed by atoms with Crippen molar-refractivity contribution in [3.8, 4) is 0 Å². The summed E-state index contributed by atoms with van der Waals surface area (Å²) in [5.41, 5.74) is -0.406. The number of thioether (sulfide) groups is 1. The van der Waals surface area contributed by atoms with Crippen LogP contribution < -0.4 is 10.6 Å². The molecule has 3 aliphatic heterocycles. The van der Waals surface area contributed by atoms with Crippen LogP contribution in [0.25, 0.3) is 0 Å². The van der Waals surface area contributed by atoms with Crippen LogP contribution in [0.15, 0.2) is 0 Å². The predicted molar refractivity (Wildman–Crippen MR) is 109 cm³/mol. The van der Waals surface area contributed by atoms with Gasteiger partial charge in [-0.25, -0.2) is 0 Å². The number of hydrogen-bond donors (Lipinski definition) is 3. The van der Waals surface area contributed by atoms with E-state index in [1.165, 1.54) is 0 Å². The molecule has 7 nitrogen and oxygen atoms in total. The highest BCUT2D eigenvalue weighted by molar-refractivity contribution is 8.02. The molecular formula is C20H33N3O4S. The predicted octanol–water partition coefficient (Wildman–Crippen LogP) is 0.757. The number of amides is 3. The van der Waals surface area contributed by atoms with Crippen molar-refractivity contribution >= 4 is 29.5 Å². The van der Waals surface area contributed by atoms with E-state index >= 15 is 0 Å². The molecule has 3 amide bonds. The number of fused-ring (bicyclic) bond motifs is 1. The van der Waals surface area contributed by atoms with Crippen LogP contribution in [0.1, 0.15) is 47.0 Å². The molecule has 0 aliphatic carbocycles. The van der Waals surface area contributed by atoms with Crippen molar-refractivity contribution in [3.63, 3.8) is 0 Å². The summed E-state index contributed by atoms with van der Waals surface area (Å²) in [6, 6.07) is -0.581. The van der Waals surface area contributed by atoms with Crippen LogP contribution in [0, 0.1) is 17.8 Å². The molecule has 3 rings (SSSR count). The SMILES string of the molecule is CNC(=O)[C@@H]1[C@@H]2CC(C)C3(S2)C(C(=O)NC(C)(C)C)N(CCCCO)C(=O)[C@H]13. The van der Waals surface area contributed by atoms with Crippen molar-refractivity contribution in [3.05, 3.63) is 0 Å². The lowest BCUT2D eigenvalue weighted by atomic mass is 9.66. The highest BCUT2D eigenvalue weighted by Gasteiger charge is 2.75. The minimum Gasteiger partial charge on any atom is -0.396 e. The van der Waals surface area contributed by atoms with Crippen LogP contribution in [0.5, 0.6) is 0 Å². The van der Waals surface area contributed by atoms with Gasteiger partial charge >= 0.3 is 0 Å². The van der Waals surface area contributed by atoms with Gasteiger partial charge in [-0.1, -0.05) is 6.92 Å². The molecule has 0 aromatic rings. The fourth-order valence-electron chi connectivity index (χ4n) is 5.36. The Bertz CT molecular complexity index is 664. The number of aliphatic hydroxyl groups is 1. The molecule has 1 spiro atoms. The van der Waals surface area contributed by atoms with Gasteiger partial charge in [0, 0.05) is 31.0 Å². The highest BCUT2D eigenvalue weighted by Crippen LogP contribution is 2.68. The molecule has 6 atom stereocenters. The van der Waals surface area contributed by atoms with E-state index in [4.69, 9.17) is 5.11 Å². The summed E-state index contributed by atoms with van der Waals surface area (Å²) in [4.78, 5) is 41.2. The Balaban J connectivity index is 2.01. The number of nitrogens with zero attached hydrogens (tertiary/aromatic N) is 1. The van der Waals surface area contributed by atoms with E-state index < -0.39 is 22.2 Å². The van der Waals surface area contributed by atoms with Crippen LogP contribution >= 0.6 is 11.8 Å². The van der Waals surface area contributed by atoms with Gasteiger partial charge in [-0.05, 0) is 46.0 Å². The van der Waals surface area contributed by atoms with E-state index in [0.29, 0.717) is 19.4 Å². The number of nitrogens with one attached hydrogen (secondary N) is 2. The van der Waals surface area contributed by atoms with Crippen molar-refractivity contribution in [2.75, 3.05) is 20.2 Å². The fourth-order valence-corrected chi connectivity index (χ4v) is 7.78. The molecule has 8 heteroatoms. The summed E-state index contributed by atoms with van der Waals surface area (Å²) >= 11 is 1.69. The van der Waals surface area contributed by atoms with Gasteiger partial charge in [-0.3, -0.25) is 14.4 Å². The average molecular weight is 412 g/mol. The Labute approximate surface area is 171 Å². The molecule has 3 aliphatic rings. The Morgan fingerprint density at radius 3 is 2.54 bits per heavy atom. The summed E-state index contributed by atoms with van der Waals surface area (Å²) < 4.78 is -0.562. The Kier molecular flexibility index (Phi) is 5.75. The Morgan fingerprint density at radius 2 is 1.96 bits per heavy atom. The lowest BCUT2D eigenvalue weighted by Gasteiger charge is -2.39. The Hall–Kier alpha value is -1.28. The molecule has 0 saturated carbocycles. The average Bonchev–Trinajstić information content (AvgIpc) is 3.17. The van der Waals surface area contributed by atoms with Gasteiger partial charge in [0.15, 0.2) is 0 Å². The minimum atomic E-state index is -0.581. The number of carbonyl (C=O) groups is 3. The van der Waals surface area contributed by atoms with E-state index in [1.807, 2.05) is 20.8 Å². The number of aliphatic hydroxyl groups excluding tert-OH is 1. The topological polar surface area (TPSA) is 98.7 Å². The maximum absolute atomic E-state index is 13.5. The normalized spacial score (nSPS) is 36.6. The fraction of sp³-hybridized carbons (Fsp3) is 0.850. The highest BCUT2D eigenvalue weighted by atomic mass is 32.2. The quantitative estimate of drug-likeness (QED) is 0.561. The van der Waals surface area contributed by atoms with Gasteiger partial charge in [0.1, 0.15) is 6.04 Å². The molecule has 0 radical (unpaired) electrons. The monoisotopic (exact) mass is 411 g/mol. The van der Waals surface area contributed by atoms with E-state index in [1.54, 1.807) is 23.7 Å². The number of rotatable bonds is 6. The summed E-state index contributed by atoms with van der Waals surface area (Å²) in [6.45, 7) is 8.40. The lowest BCUT2D eigenvalue weighted by molar-refractivity contribution is -0.140. The lowest BCUT2D eigenvalue weighted by Crippen LogP contribution is -2.59. The number of carbonyl (C=O) groups excluding carboxylic acids is 3. The number of unbranched alkanes of at least 4 members (excludes halogenated alkanes) is 1. The largest absolute Gasteiger partial charge is 0.396 e. The third-order valence-electron chi connectivity index (χ3n) is 6.35. The van der Waals surface area contributed by atoms with Gasteiger partial charge in [0.2, 0.25) is 17.7 Å². The van der Waals surface area contributed by atoms with E-state index in [2.05, 4.69) is 17.6 Å². The van der Waals surface area contributed by atoms with Crippen molar-refractivity contribution in [2.24, 2.45) is 17.8 Å². The van der Waals surface area contributed by atoms with Crippen LogP contribution in [-0.2, 0) is 14.4 Å². The van der Waals surface area contributed by atoms with E-state index in [-0.39, 0.29) is 41.4 Å². The molecule has 3 saturated heterocycles. The first kappa shape index (κ1) is 21.4. The molecule has 3 heterocycles. The van der Waals surface area contributed by atoms with E-state index in [9.17, 15) is 14.4 Å². The molecule has 158 valence electrons. The third-order valence-corrected chi connectivity index (χ3v) is 8.42. The van der Waals surface area contributed by atoms with Crippen molar-refractivity contribution in [2.45, 2.75) is 68.5 Å². The van der Waals surface area contributed by atoms with Crippen molar-refractivity contribution in [1.29, 1.82) is 0 Å². The van der Waals surface area contributed by atoms with Crippen LogP contribution in [0.3, 0.4) is 0 Å². The summed E-state index contributed by atoms with van der Waals surface area (Å²) in [5, 5.41) is 15.0. The second-order valence-corrected chi connectivity index (χ2v) is 10.9. The second kappa shape index (κ2) is 7.52. The summed E-state index contributed by atoms with van der Waals surface area (Å²) in [6.07, 6.45) is 2.06. The third kappa shape index (κ3) is 3.22. The molecule has 3 unspecified atom stereocenters. The smallest absolute Gasteiger partial charge is 0.244 e. The first-order valence-corrected chi connectivity index (χ1v) is 11.1. The maximum Gasteiger partial charge on any atom is 0.244 e. The van der Waals surface area contributed by atoms with Gasteiger partial charge in [-0.2, -0.15) is 0 Å². The second-order valence-electron chi connectivity index (χ2n) is 9.37. The van der Waals surface area contributed by atoms with Crippen LogP contribution in [-0.4, -0.2) is 69.5 Å². The summed E-state index contributed by atoms with van der Waals surface area (Å²) in [5.74, 6) is -0.984. The molecule has 3 N–H and O–H groups in total. The maximum atomic E-state index is 13.5. The molecule has 0 aromatic carbocycles. The number of likely N-dealkylation sites (tertiary alicyclic amines) is 1. The zero-order valence-electron chi connectivity index (χ0n) is 17.4. The van der Waals surface area contributed by atoms with Crippen molar-refractivity contribution in [1.82, 2.24) is 15.5 Å². The van der Waals surface area contributed by atoms with Gasteiger partial charge in [0.05, 0.1) is 16.6 Å². The Morgan fingerprint density at radius 1 is 1.29 bits per heavy atom. The van der Waals surface area contributed by atoms with Crippen LogP contribution in [0.2, 0.25) is 0 Å². The standard InChI is InChI=1S/C20H33N3O4S/c1-11-10-12-13(16(25)21-5)14-18(27)23(8-6-7-9-24)15(20(11,14)28-12)17(26)22-19(2,3)4/h11-15,24H,6-10H2,1-5H3,(H,21,25)(H,22,26)/t11?,12-,13+,14-,15?,20?/m0/s1. The van der Waals surface area contributed by atoms with Crippen LogP contribution in [0.4, 0.5) is 0 Å². The molecular weight excluding hydrogens is 378 g/mol. The molecule has 2 bridgehead atoms. The molecule has 3 fully saturated rings. The first-order valence-electron chi connectivity index (χ1n) is 10.2. The zero-order valence-corrected chi connectivity index (χ0v) is 18.3. The van der Waals surface area contributed by atoms with Crippen molar-refractivity contribution < 1.29 is 19.5 Å². The van der Waals surface area contributed by atoms with Gasteiger partial charge in [0.25, 0.3) is 0 Å². The van der Waals surface area contributed by atoms with E-state index in [0.717, 1.165) is 6.42 Å². The van der Waals surface area contributed by atoms with Gasteiger partial charge in [-0.15, -0.1) is 11.8 Å². The molecule has 28 heavy (non-hydrogen) atoms. The number of hydrogen-bond acceptors (Lipinski definition) is 5. The zero-order chi connectivity index (χ0) is 20.9. The van der Waals surface area contributed by atoms with Gasteiger partial charge < -0.3 is 20.6 Å². The first-order chi connectivity index (χ1) is 13.1. The summed E-state index contributed by atoms with van der Waals surface area (Å²) in [7, 11) is 1.61.